The fourth-order valence-electron chi connectivity index (χ4n) is 1.97. The first kappa shape index (κ1) is 9.74. The summed E-state index contributed by atoms with van der Waals surface area (Å²) in [7, 11) is 0. The molecule has 1 aromatic heterocycles. The zero-order valence-electron chi connectivity index (χ0n) is 8.37. The second-order valence-electron chi connectivity index (χ2n) is 4.19. The summed E-state index contributed by atoms with van der Waals surface area (Å²) in [6.45, 7) is 1.27. The van der Waals surface area contributed by atoms with Gasteiger partial charge < -0.3 is 14.9 Å². The van der Waals surface area contributed by atoms with Crippen molar-refractivity contribution in [3.63, 3.8) is 0 Å². The maximum atomic E-state index is 6.15. The van der Waals surface area contributed by atoms with Gasteiger partial charge in [-0.2, -0.15) is 0 Å². The fourth-order valence-corrected chi connectivity index (χ4v) is 1.97. The predicted molar refractivity (Wildman–Crippen MR) is 53.8 cm³/mol. The van der Waals surface area contributed by atoms with Crippen molar-refractivity contribution >= 4 is 0 Å². The molecule has 3 heteroatoms. The minimum Gasteiger partial charge on any atom is -0.472 e. The molecule has 1 aliphatic carbocycles. The van der Waals surface area contributed by atoms with E-state index in [1.165, 1.54) is 12.8 Å². The lowest BCUT2D eigenvalue weighted by atomic mass is 10.0. The fraction of sp³-hybridized carbons (Fsp3) is 0.636. The molecule has 1 aliphatic rings. The monoisotopic (exact) mass is 195 g/mol. The SMILES string of the molecule is NC1(COCc2ccoc2)CCCC1. The van der Waals surface area contributed by atoms with Gasteiger partial charge in [0.1, 0.15) is 0 Å². The number of ether oxygens (including phenoxy) is 1. The molecule has 0 spiro atoms. The van der Waals surface area contributed by atoms with Crippen LogP contribution in [-0.4, -0.2) is 12.1 Å². The molecular weight excluding hydrogens is 178 g/mol. The van der Waals surface area contributed by atoms with Gasteiger partial charge >= 0.3 is 0 Å². The van der Waals surface area contributed by atoms with Crippen molar-refractivity contribution in [1.82, 2.24) is 0 Å². The summed E-state index contributed by atoms with van der Waals surface area (Å²) in [5.74, 6) is 0. The molecule has 0 saturated heterocycles. The maximum Gasteiger partial charge on any atom is 0.0957 e. The Labute approximate surface area is 84.2 Å². The molecule has 0 atom stereocenters. The van der Waals surface area contributed by atoms with Crippen LogP contribution in [0, 0.1) is 0 Å². The van der Waals surface area contributed by atoms with Crippen LogP contribution in [0.15, 0.2) is 23.0 Å². The summed E-state index contributed by atoms with van der Waals surface area (Å²) < 4.78 is 10.5. The van der Waals surface area contributed by atoms with E-state index < -0.39 is 0 Å². The van der Waals surface area contributed by atoms with E-state index in [2.05, 4.69) is 0 Å². The van der Waals surface area contributed by atoms with Crippen LogP contribution in [0.1, 0.15) is 31.2 Å². The van der Waals surface area contributed by atoms with Crippen molar-refractivity contribution in [2.75, 3.05) is 6.61 Å². The van der Waals surface area contributed by atoms with Gasteiger partial charge in [-0.25, -0.2) is 0 Å². The van der Waals surface area contributed by atoms with Crippen molar-refractivity contribution < 1.29 is 9.15 Å². The first-order valence-corrected chi connectivity index (χ1v) is 5.16. The van der Waals surface area contributed by atoms with Crippen molar-refractivity contribution in [1.29, 1.82) is 0 Å². The third kappa shape index (κ3) is 2.36. The van der Waals surface area contributed by atoms with Crippen molar-refractivity contribution in [2.45, 2.75) is 37.8 Å². The topological polar surface area (TPSA) is 48.4 Å². The molecule has 1 aromatic rings. The van der Waals surface area contributed by atoms with Gasteiger partial charge in [-0.05, 0) is 18.9 Å². The standard InChI is InChI=1S/C11H17NO2/c12-11(4-1-2-5-11)9-14-8-10-3-6-13-7-10/h3,6-7H,1-2,4-5,8-9,12H2. The highest BCUT2D eigenvalue weighted by Crippen LogP contribution is 2.27. The smallest absolute Gasteiger partial charge is 0.0957 e. The van der Waals surface area contributed by atoms with E-state index in [1.54, 1.807) is 12.5 Å². The summed E-state index contributed by atoms with van der Waals surface area (Å²) in [4.78, 5) is 0. The number of rotatable bonds is 4. The van der Waals surface area contributed by atoms with Gasteiger partial charge in [0, 0.05) is 11.1 Å². The van der Waals surface area contributed by atoms with E-state index in [1.807, 2.05) is 6.07 Å². The van der Waals surface area contributed by atoms with Gasteiger partial charge in [0.2, 0.25) is 0 Å². The second kappa shape index (κ2) is 4.15. The van der Waals surface area contributed by atoms with Gasteiger partial charge in [-0.3, -0.25) is 0 Å². The van der Waals surface area contributed by atoms with Crippen LogP contribution >= 0.6 is 0 Å². The number of nitrogens with two attached hydrogens (primary N) is 1. The second-order valence-corrected chi connectivity index (χ2v) is 4.19. The molecule has 14 heavy (non-hydrogen) atoms. The summed E-state index contributed by atoms with van der Waals surface area (Å²) in [6, 6.07) is 1.91. The summed E-state index contributed by atoms with van der Waals surface area (Å²) in [6.07, 6.45) is 8.04. The van der Waals surface area contributed by atoms with E-state index >= 15 is 0 Å². The Morgan fingerprint density at radius 3 is 2.86 bits per heavy atom. The zero-order chi connectivity index (χ0) is 9.86. The average molecular weight is 195 g/mol. The zero-order valence-corrected chi connectivity index (χ0v) is 8.37. The van der Waals surface area contributed by atoms with E-state index in [0.717, 1.165) is 18.4 Å². The predicted octanol–water partition coefficient (Wildman–Crippen LogP) is 2.07. The molecule has 1 fully saturated rings. The summed E-state index contributed by atoms with van der Waals surface area (Å²) in [5, 5.41) is 0. The average Bonchev–Trinajstić information content (AvgIpc) is 2.77. The molecule has 0 aliphatic heterocycles. The van der Waals surface area contributed by atoms with Gasteiger partial charge in [-0.1, -0.05) is 12.8 Å². The third-order valence-electron chi connectivity index (χ3n) is 2.84. The minimum absolute atomic E-state index is 0.0657. The molecule has 3 nitrogen and oxygen atoms in total. The number of hydrogen-bond acceptors (Lipinski definition) is 3. The summed E-state index contributed by atoms with van der Waals surface area (Å²) in [5.41, 5.74) is 7.16. The van der Waals surface area contributed by atoms with Crippen LogP contribution < -0.4 is 5.73 Å². The Kier molecular flexibility index (Phi) is 2.89. The van der Waals surface area contributed by atoms with E-state index in [4.69, 9.17) is 14.9 Å². The van der Waals surface area contributed by atoms with Crippen molar-refractivity contribution in [3.8, 4) is 0 Å². The first-order chi connectivity index (χ1) is 6.79. The Morgan fingerprint density at radius 1 is 1.43 bits per heavy atom. The molecule has 0 amide bonds. The number of hydrogen-bond donors (Lipinski definition) is 1. The lowest BCUT2D eigenvalue weighted by Gasteiger charge is -2.22. The van der Waals surface area contributed by atoms with Crippen LogP contribution in [-0.2, 0) is 11.3 Å². The number of furan rings is 1. The Morgan fingerprint density at radius 2 is 2.21 bits per heavy atom. The lowest BCUT2D eigenvalue weighted by Crippen LogP contribution is -2.41. The highest BCUT2D eigenvalue weighted by molar-refractivity contribution is 5.03. The summed E-state index contributed by atoms with van der Waals surface area (Å²) >= 11 is 0. The minimum atomic E-state index is -0.0657. The van der Waals surface area contributed by atoms with E-state index in [0.29, 0.717) is 13.2 Å². The molecule has 0 aromatic carbocycles. The van der Waals surface area contributed by atoms with Crippen LogP contribution in [0.4, 0.5) is 0 Å². The van der Waals surface area contributed by atoms with E-state index in [9.17, 15) is 0 Å². The lowest BCUT2D eigenvalue weighted by molar-refractivity contribution is 0.0748. The van der Waals surface area contributed by atoms with Crippen molar-refractivity contribution in [2.24, 2.45) is 5.73 Å². The van der Waals surface area contributed by atoms with Gasteiger partial charge in [0.15, 0.2) is 0 Å². The molecule has 0 unspecified atom stereocenters. The van der Waals surface area contributed by atoms with Gasteiger partial charge in [0.05, 0.1) is 25.7 Å². The molecule has 1 saturated carbocycles. The van der Waals surface area contributed by atoms with Crippen molar-refractivity contribution in [3.05, 3.63) is 24.2 Å². The van der Waals surface area contributed by atoms with Gasteiger partial charge in [-0.15, -0.1) is 0 Å². The molecule has 0 radical (unpaired) electrons. The van der Waals surface area contributed by atoms with E-state index in [-0.39, 0.29) is 5.54 Å². The highest BCUT2D eigenvalue weighted by atomic mass is 16.5. The largest absolute Gasteiger partial charge is 0.472 e. The molecule has 0 bridgehead atoms. The molecular formula is C11H17NO2. The third-order valence-corrected chi connectivity index (χ3v) is 2.84. The molecule has 1 heterocycles. The van der Waals surface area contributed by atoms with Crippen LogP contribution in [0.5, 0.6) is 0 Å². The quantitative estimate of drug-likeness (QED) is 0.800. The van der Waals surface area contributed by atoms with Crippen LogP contribution in [0.3, 0.4) is 0 Å². The normalized spacial score (nSPS) is 20.1. The Hall–Kier alpha value is -0.800. The molecule has 2 N–H and O–H groups in total. The Bertz CT molecular complexity index is 263. The van der Waals surface area contributed by atoms with Crippen LogP contribution in [0.25, 0.3) is 0 Å². The maximum absolute atomic E-state index is 6.15. The van der Waals surface area contributed by atoms with Crippen LogP contribution in [0.2, 0.25) is 0 Å². The highest BCUT2D eigenvalue weighted by Gasteiger charge is 2.29. The molecule has 2 rings (SSSR count). The first-order valence-electron chi connectivity index (χ1n) is 5.16. The molecule has 78 valence electrons. The Balaban J connectivity index is 1.72. The van der Waals surface area contributed by atoms with Gasteiger partial charge in [0.25, 0.3) is 0 Å².